The van der Waals surface area contributed by atoms with E-state index in [0.717, 1.165) is 0 Å². The van der Waals surface area contributed by atoms with E-state index in [0.29, 0.717) is 17.5 Å². The highest BCUT2D eigenvalue weighted by Crippen LogP contribution is 2.25. The molecule has 2 rings (SSSR count). The molecule has 7 heteroatoms. The van der Waals surface area contributed by atoms with Gasteiger partial charge in [-0.1, -0.05) is 0 Å². The molecule has 0 aliphatic heterocycles. The Hall–Kier alpha value is -2.70. The molecule has 17 heavy (non-hydrogen) atoms. The zero-order valence-electron chi connectivity index (χ0n) is 8.58. The lowest BCUT2D eigenvalue weighted by Gasteiger charge is -1.98. The Labute approximate surface area is 95.4 Å². The lowest BCUT2D eigenvalue weighted by Crippen LogP contribution is -1.91. The highest BCUT2D eigenvalue weighted by Gasteiger charge is 2.13. The van der Waals surface area contributed by atoms with Gasteiger partial charge in [0.25, 0.3) is 5.69 Å². The Kier molecular flexibility index (Phi) is 2.57. The standard InChI is InChI=1S/C10H8N4O3/c11-10-8(5-15)9(12-13-10)6-1-3-7(4-2-6)14(16)17/h1-5H,(H3,11,12,13). The highest BCUT2D eigenvalue weighted by atomic mass is 16.6. The van der Waals surface area contributed by atoms with E-state index in [-0.39, 0.29) is 17.1 Å². The van der Waals surface area contributed by atoms with Gasteiger partial charge in [-0.25, -0.2) is 0 Å². The Morgan fingerprint density at radius 1 is 1.35 bits per heavy atom. The molecule has 86 valence electrons. The van der Waals surface area contributed by atoms with Crippen molar-refractivity contribution < 1.29 is 9.72 Å². The van der Waals surface area contributed by atoms with E-state index in [1.165, 1.54) is 24.3 Å². The number of non-ortho nitro benzene ring substituents is 1. The normalized spacial score (nSPS) is 10.1. The van der Waals surface area contributed by atoms with Crippen LogP contribution in [0.25, 0.3) is 11.3 Å². The van der Waals surface area contributed by atoms with E-state index in [2.05, 4.69) is 10.2 Å². The van der Waals surface area contributed by atoms with Gasteiger partial charge in [-0.05, 0) is 12.1 Å². The van der Waals surface area contributed by atoms with Crippen LogP contribution in [0.5, 0.6) is 0 Å². The van der Waals surface area contributed by atoms with Gasteiger partial charge in [0.1, 0.15) is 0 Å². The van der Waals surface area contributed by atoms with Gasteiger partial charge in [0.15, 0.2) is 12.1 Å². The molecule has 0 unspecified atom stereocenters. The average molecular weight is 232 g/mol. The SMILES string of the molecule is Nc1n[nH]c(-c2ccc([N+](=O)[O-])cc2)c1C=O. The van der Waals surface area contributed by atoms with Crippen LogP contribution in [0.2, 0.25) is 0 Å². The first kappa shape index (κ1) is 10.8. The van der Waals surface area contributed by atoms with E-state index in [1.807, 2.05) is 0 Å². The minimum Gasteiger partial charge on any atom is -0.382 e. The summed E-state index contributed by atoms with van der Waals surface area (Å²) in [4.78, 5) is 20.8. The molecule has 1 heterocycles. The number of nitrogens with one attached hydrogen (secondary N) is 1. The van der Waals surface area contributed by atoms with Crippen molar-refractivity contribution in [3.05, 3.63) is 39.9 Å². The summed E-state index contributed by atoms with van der Waals surface area (Å²) in [5.74, 6) is 0.105. The number of nitro benzene ring substituents is 1. The van der Waals surface area contributed by atoms with Crippen molar-refractivity contribution in [2.24, 2.45) is 0 Å². The number of aromatic amines is 1. The van der Waals surface area contributed by atoms with E-state index in [1.54, 1.807) is 0 Å². The molecule has 0 radical (unpaired) electrons. The van der Waals surface area contributed by atoms with Crippen LogP contribution in [0, 0.1) is 10.1 Å². The van der Waals surface area contributed by atoms with Crippen molar-refractivity contribution in [3.8, 4) is 11.3 Å². The highest BCUT2D eigenvalue weighted by molar-refractivity contribution is 5.91. The van der Waals surface area contributed by atoms with Crippen molar-refractivity contribution in [1.29, 1.82) is 0 Å². The molecule has 0 bridgehead atoms. The van der Waals surface area contributed by atoms with Crippen molar-refractivity contribution >= 4 is 17.8 Å². The van der Waals surface area contributed by atoms with Gasteiger partial charge in [-0.3, -0.25) is 20.0 Å². The van der Waals surface area contributed by atoms with Crippen LogP contribution in [0.3, 0.4) is 0 Å². The molecule has 0 aliphatic rings. The minimum absolute atomic E-state index is 0.0195. The zero-order chi connectivity index (χ0) is 12.4. The van der Waals surface area contributed by atoms with Crippen LogP contribution < -0.4 is 5.73 Å². The van der Waals surface area contributed by atoms with Gasteiger partial charge in [-0.2, -0.15) is 5.10 Å². The molecule has 0 aliphatic carbocycles. The molecule has 0 spiro atoms. The second-order valence-electron chi connectivity index (χ2n) is 3.32. The molecule has 0 saturated heterocycles. The van der Waals surface area contributed by atoms with Gasteiger partial charge < -0.3 is 5.73 Å². The molecule has 7 nitrogen and oxygen atoms in total. The molecule has 2 aromatic rings. The summed E-state index contributed by atoms with van der Waals surface area (Å²) in [6.07, 6.45) is 0.593. The number of H-pyrrole nitrogens is 1. The second-order valence-corrected chi connectivity index (χ2v) is 3.32. The number of rotatable bonds is 3. The summed E-state index contributed by atoms with van der Waals surface area (Å²) >= 11 is 0. The predicted octanol–water partition coefficient (Wildman–Crippen LogP) is 1.38. The van der Waals surface area contributed by atoms with Crippen molar-refractivity contribution in [2.75, 3.05) is 5.73 Å². The summed E-state index contributed by atoms with van der Waals surface area (Å²) in [5, 5.41) is 16.8. The summed E-state index contributed by atoms with van der Waals surface area (Å²) in [5.41, 5.74) is 6.78. The van der Waals surface area contributed by atoms with Gasteiger partial charge in [-0.15, -0.1) is 0 Å². The van der Waals surface area contributed by atoms with Crippen molar-refractivity contribution in [2.45, 2.75) is 0 Å². The molecule has 0 fully saturated rings. The number of carbonyl (C=O) groups excluding carboxylic acids is 1. The molecular weight excluding hydrogens is 224 g/mol. The number of benzene rings is 1. The Morgan fingerprint density at radius 2 is 2.00 bits per heavy atom. The summed E-state index contributed by atoms with van der Waals surface area (Å²) in [7, 11) is 0. The van der Waals surface area contributed by atoms with Gasteiger partial charge in [0.2, 0.25) is 0 Å². The van der Waals surface area contributed by atoms with Crippen LogP contribution in [-0.4, -0.2) is 21.4 Å². The largest absolute Gasteiger partial charge is 0.382 e. The fourth-order valence-corrected chi connectivity index (χ4v) is 1.45. The van der Waals surface area contributed by atoms with Crippen LogP contribution >= 0.6 is 0 Å². The third-order valence-corrected chi connectivity index (χ3v) is 2.32. The Bertz CT molecular complexity index is 574. The number of hydrogen-bond donors (Lipinski definition) is 2. The lowest BCUT2D eigenvalue weighted by atomic mass is 10.1. The number of hydrogen-bond acceptors (Lipinski definition) is 5. The van der Waals surface area contributed by atoms with Crippen molar-refractivity contribution in [3.63, 3.8) is 0 Å². The van der Waals surface area contributed by atoms with Crippen LogP contribution in [0.4, 0.5) is 11.5 Å². The maximum atomic E-state index is 10.8. The number of aldehydes is 1. The topological polar surface area (TPSA) is 115 Å². The van der Waals surface area contributed by atoms with Gasteiger partial charge >= 0.3 is 0 Å². The third-order valence-electron chi connectivity index (χ3n) is 2.32. The second kappa shape index (κ2) is 4.05. The van der Waals surface area contributed by atoms with Gasteiger partial charge in [0, 0.05) is 17.7 Å². The maximum absolute atomic E-state index is 10.8. The first-order valence-corrected chi connectivity index (χ1v) is 4.67. The number of nitrogen functional groups attached to an aromatic ring is 1. The molecule has 3 N–H and O–H groups in total. The number of nitrogens with zero attached hydrogens (tertiary/aromatic N) is 2. The molecule has 1 aromatic heterocycles. The summed E-state index contributed by atoms with van der Waals surface area (Å²) < 4.78 is 0. The molecule has 1 aromatic carbocycles. The maximum Gasteiger partial charge on any atom is 0.269 e. The zero-order valence-corrected chi connectivity index (χ0v) is 8.58. The quantitative estimate of drug-likeness (QED) is 0.471. The fraction of sp³-hybridized carbons (Fsp3) is 0. The van der Waals surface area contributed by atoms with Crippen molar-refractivity contribution in [1.82, 2.24) is 10.2 Å². The minimum atomic E-state index is -0.494. The number of anilines is 1. The van der Waals surface area contributed by atoms with Gasteiger partial charge in [0.05, 0.1) is 16.2 Å². The average Bonchev–Trinajstić information content (AvgIpc) is 2.70. The predicted molar refractivity (Wildman–Crippen MR) is 60.5 cm³/mol. The van der Waals surface area contributed by atoms with E-state index < -0.39 is 4.92 Å². The Balaban J connectivity index is 2.46. The van der Waals surface area contributed by atoms with E-state index in [4.69, 9.17) is 5.73 Å². The monoisotopic (exact) mass is 232 g/mol. The van der Waals surface area contributed by atoms with E-state index >= 15 is 0 Å². The third kappa shape index (κ3) is 1.85. The summed E-state index contributed by atoms with van der Waals surface area (Å²) in [6, 6.07) is 5.75. The first-order valence-electron chi connectivity index (χ1n) is 4.67. The molecular formula is C10H8N4O3. The number of carbonyl (C=O) groups is 1. The lowest BCUT2D eigenvalue weighted by molar-refractivity contribution is -0.384. The van der Waals surface area contributed by atoms with Crippen LogP contribution in [0.1, 0.15) is 10.4 Å². The number of aromatic nitrogens is 2. The van der Waals surface area contributed by atoms with Crippen LogP contribution in [0.15, 0.2) is 24.3 Å². The molecule has 0 saturated carbocycles. The molecule has 0 atom stereocenters. The van der Waals surface area contributed by atoms with E-state index in [9.17, 15) is 14.9 Å². The Morgan fingerprint density at radius 3 is 2.53 bits per heavy atom. The number of nitrogens with two attached hydrogens (primary N) is 1. The molecule has 0 amide bonds. The first-order chi connectivity index (χ1) is 8.13. The van der Waals surface area contributed by atoms with Crippen LogP contribution in [-0.2, 0) is 0 Å². The number of nitro groups is 1. The summed E-state index contributed by atoms with van der Waals surface area (Å²) in [6.45, 7) is 0. The smallest absolute Gasteiger partial charge is 0.269 e. The fourth-order valence-electron chi connectivity index (χ4n) is 1.45.